The number of hydrogen-bond donors (Lipinski definition) is 0. The first-order valence-corrected chi connectivity index (χ1v) is 6.01. The lowest BCUT2D eigenvalue weighted by atomic mass is 10.2. The number of nitrogens with zero attached hydrogens (tertiary/aromatic N) is 1. The zero-order valence-corrected chi connectivity index (χ0v) is 10.5. The monoisotopic (exact) mass is 251 g/mol. The van der Waals surface area contributed by atoms with Crippen LogP contribution in [-0.2, 0) is 14.3 Å². The van der Waals surface area contributed by atoms with Crippen molar-refractivity contribution in [1.29, 1.82) is 0 Å². The van der Waals surface area contributed by atoms with Crippen molar-refractivity contribution in [3.8, 4) is 0 Å². The van der Waals surface area contributed by atoms with E-state index >= 15 is 0 Å². The highest BCUT2D eigenvalue weighted by Gasteiger charge is 2.19. The van der Waals surface area contributed by atoms with E-state index in [2.05, 4.69) is 9.72 Å². The second-order valence-electron chi connectivity index (χ2n) is 3.52. The summed E-state index contributed by atoms with van der Waals surface area (Å²) >= 11 is 1.54. The van der Waals surface area contributed by atoms with Crippen LogP contribution in [0.5, 0.6) is 0 Å². The predicted molar refractivity (Wildman–Crippen MR) is 66.0 cm³/mol. The van der Waals surface area contributed by atoms with E-state index in [0.29, 0.717) is 0 Å². The van der Waals surface area contributed by atoms with Gasteiger partial charge in [-0.05, 0) is 12.1 Å². The fourth-order valence-corrected chi connectivity index (χ4v) is 2.58. The normalized spacial score (nSPS) is 12.6. The number of hydrogen-bond acceptors (Lipinski definition) is 5. The Morgan fingerprint density at radius 2 is 2.18 bits per heavy atom. The molecule has 1 aromatic heterocycles. The lowest BCUT2D eigenvalue weighted by Gasteiger charge is -2.10. The molecule has 0 amide bonds. The van der Waals surface area contributed by atoms with Gasteiger partial charge in [-0.25, -0.2) is 4.98 Å². The summed E-state index contributed by atoms with van der Waals surface area (Å²) in [5, 5.41) is 0.805. The van der Waals surface area contributed by atoms with Gasteiger partial charge in [0, 0.05) is 7.11 Å². The van der Waals surface area contributed by atoms with Crippen LogP contribution in [0, 0.1) is 0 Å². The number of fused-ring (bicyclic) bond motifs is 1. The van der Waals surface area contributed by atoms with Crippen molar-refractivity contribution in [2.75, 3.05) is 14.2 Å². The number of ether oxygens (including phenoxy) is 2. The molecule has 0 radical (unpaired) electrons. The summed E-state index contributed by atoms with van der Waals surface area (Å²) in [6.45, 7) is 0. The first-order chi connectivity index (χ1) is 8.24. The van der Waals surface area contributed by atoms with Crippen LogP contribution >= 0.6 is 11.3 Å². The lowest BCUT2D eigenvalue weighted by molar-refractivity contribution is -0.143. The molecule has 0 aliphatic rings. The fourth-order valence-electron chi connectivity index (χ4n) is 1.53. The van der Waals surface area contributed by atoms with Crippen molar-refractivity contribution in [3.63, 3.8) is 0 Å². The molecule has 0 saturated carbocycles. The highest BCUT2D eigenvalue weighted by molar-refractivity contribution is 7.18. The molecule has 0 aliphatic heterocycles. The molecule has 1 atom stereocenters. The molecular formula is C12H13NO3S. The minimum atomic E-state index is -0.333. The average Bonchev–Trinajstić information content (AvgIpc) is 2.78. The van der Waals surface area contributed by atoms with Gasteiger partial charge in [0.1, 0.15) is 11.1 Å². The van der Waals surface area contributed by atoms with Crippen LogP contribution < -0.4 is 0 Å². The van der Waals surface area contributed by atoms with E-state index in [4.69, 9.17) is 4.74 Å². The molecule has 0 saturated heterocycles. The van der Waals surface area contributed by atoms with Crippen LogP contribution in [0.3, 0.4) is 0 Å². The number of methoxy groups -OCH3 is 2. The third kappa shape index (κ3) is 2.62. The third-order valence-corrected chi connectivity index (χ3v) is 3.58. The Morgan fingerprint density at radius 3 is 2.82 bits per heavy atom. The molecule has 0 bridgehead atoms. The van der Waals surface area contributed by atoms with Gasteiger partial charge >= 0.3 is 5.97 Å². The third-order valence-electron chi connectivity index (χ3n) is 2.45. The predicted octanol–water partition coefficient (Wildman–Crippen LogP) is 2.55. The standard InChI is InChI=1S/C12H13NO3S/c1-15-9(7-11(14)16-2)12-13-8-5-3-4-6-10(8)17-12/h3-6,9H,7H2,1-2H3/t9-/m1/s1. The van der Waals surface area contributed by atoms with E-state index in [-0.39, 0.29) is 18.5 Å². The number of thiazole rings is 1. The van der Waals surface area contributed by atoms with E-state index in [9.17, 15) is 4.79 Å². The molecular weight excluding hydrogens is 238 g/mol. The molecule has 2 rings (SSSR count). The van der Waals surface area contributed by atoms with E-state index < -0.39 is 0 Å². The number of rotatable bonds is 4. The van der Waals surface area contributed by atoms with Gasteiger partial charge in [-0.15, -0.1) is 11.3 Å². The molecule has 0 unspecified atom stereocenters. The molecule has 2 aromatic rings. The summed E-state index contributed by atoms with van der Waals surface area (Å²) in [4.78, 5) is 15.7. The van der Waals surface area contributed by atoms with Crippen molar-refractivity contribution < 1.29 is 14.3 Å². The lowest BCUT2D eigenvalue weighted by Crippen LogP contribution is -2.09. The first-order valence-electron chi connectivity index (χ1n) is 5.19. The highest BCUT2D eigenvalue weighted by atomic mass is 32.1. The van der Waals surface area contributed by atoms with Crippen molar-refractivity contribution in [2.24, 2.45) is 0 Å². The van der Waals surface area contributed by atoms with Gasteiger partial charge in [-0.1, -0.05) is 12.1 Å². The molecule has 1 aromatic carbocycles. The van der Waals surface area contributed by atoms with Gasteiger partial charge in [0.25, 0.3) is 0 Å². The summed E-state index contributed by atoms with van der Waals surface area (Å²) in [7, 11) is 2.94. The summed E-state index contributed by atoms with van der Waals surface area (Å²) < 4.78 is 11.0. The van der Waals surface area contributed by atoms with Crippen molar-refractivity contribution >= 4 is 27.5 Å². The SMILES string of the molecule is COC(=O)C[C@@H](OC)c1nc2ccccc2s1. The maximum Gasteiger partial charge on any atom is 0.308 e. The Bertz CT molecular complexity index is 490. The molecule has 0 spiro atoms. The number of aromatic nitrogens is 1. The maximum atomic E-state index is 11.2. The number of carbonyl (C=O) groups is 1. The van der Waals surface area contributed by atoms with E-state index in [1.807, 2.05) is 24.3 Å². The Labute approximate surface area is 103 Å². The van der Waals surface area contributed by atoms with Gasteiger partial charge in [-0.3, -0.25) is 4.79 Å². The van der Waals surface area contributed by atoms with Crippen LogP contribution in [0.1, 0.15) is 17.5 Å². The molecule has 17 heavy (non-hydrogen) atoms. The second-order valence-corrected chi connectivity index (χ2v) is 4.59. The number of benzene rings is 1. The molecule has 4 nitrogen and oxygen atoms in total. The zero-order valence-electron chi connectivity index (χ0n) is 9.67. The summed E-state index contributed by atoms with van der Waals surface area (Å²) in [5.74, 6) is -0.295. The summed E-state index contributed by atoms with van der Waals surface area (Å²) in [6.07, 6.45) is -0.146. The molecule has 1 heterocycles. The quantitative estimate of drug-likeness (QED) is 0.783. The Morgan fingerprint density at radius 1 is 1.41 bits per heavy atom. The van der Waals surface area contributed by atoms with Crippen LogP contribution in [0.2, 0.25) is 0 Å². The van der Waals surface area contributed by atoms with Gasteiger partial charge in [0.2, 0.25) is 0 Å². The van der Waals surface area contributed by atoms with Crippen LogP contribution in [0.25, 0.3) is 10.2 Å². The first kappa shape index (κ1) is 12.0. The van der Waals surface area contributed by atoms with Gasteiger partial charge in [-0.2, -0.15) is 0 Å². The van der Waals surface area contributed by atoms with Gasteiger partial charge in [0.15, 0.2) is 0 Å². The van der Waals surface area contributed by atoms with E-state index in [0.717, 1.165) is 15.2 Å². The van der Waals surface area contributed by atoms with E-state index in [1.54, 1.807) is 7.11 Å². The highest BCUT2D eigenvalue weighted by Crippen LogP contribution is 2.29. The molecule has 0 fully saturated rings. The molecule has 0 aliphatic carbocycles. The minimum absolute atomic E-state index is 0.187. The number of esters is 1. The number of carbonyl (C=O) groups excluding carboxylic acids is 1. The van der Waals surface area contributed by atoms with Crippen molar-refractivity contribution in [2.45, 2.75) is 12.5 Å². The minimum Gasteiger partial charge on any atom is -0.469 e. The van der Waals surface area contributed by atoms with Crippen molar-refractivity contribution in [1.82, 2.24) is 4.98 Å². The largest absolute Gasteiger partial charge is 0.469 e. The summed E-state index contributed by atoms with van der Waals surface area (Å²) in [5.41, 5.74) is 0.930. The second kappa shape index (κ2) is 5.25. The van der Waals surface area contributed by atoms with Crippen LogP contribution in [0.4, 0.5) is 0 Å². The summed E-state index contributed by atoms with van der Waals surface area (Å²) in [6, 6.07) is 7.85. The average molecular weight is 251 g/mol. The van der Waals surface area contributed by atoms with Crippen LogP contribution in [0.15, 0.2) is 24.3 Å². The molecule has 90 valence electrons. The smallest absolute Gasteiger partial charge is 0.308 e. The maximum absolute atomic E-state index is 11.2. The molecule has 5 heteroatoms. The fraction of sp³-hybridized carbons (Fsp3) is 0.333. The molecule has 0 N–H and O–H groups in total. The van der Waals surface area contributed by atoms with Gasteiger partial charge in [0.05, 0.1) is 23.7 Å². The van der Waals surface area contributed by atoms with E-state index in [1.165, 1.54) is 18.4 Å². The van der Waals surface area contributed by atoms with Gasteiger partial charge < -0.3 is 9.47 Å². The Balaban J connectivity index is 2.27. The zero-order chi connectivity index (χ0) is 12.3. The van der Waals surface area contributed by atoms with Crippen molar-refractivity contribution in [3.05, 3.63) is 29.3 Å². The Hall–Kier alpha value is -1.46. The topological polar surface area (TPSA) is 48.4 Å². The number of para-hydroxylation sites is 1. The Kier molecular flexibility index (Phi) is 3.71. The van der Waals surface area contributed by atoms with Crippen LogP contribution in [-0.4, -0.2) is 25.2 Å².